The molecule has 7 heteroatoms. The minimum absolute atomic E-state index is 0.117. The Morgan fingerprint density at radius 1 is 1.58 bits per heavy atom. The second kappa shape index (κ2) is 4.60. The molecule has 19 heavy (non-hydrogen) atoms. The molecule has 0 saturated carbocycles. The van der Waals surface area contributed by atoms with Gasteiger partial charge in [-0.1, -0.05) is 6.07 Å². The molecule has 0 radical (unpaired) electrons. The van der Waals surface area contributed by atoms with Crippen molar-refractivity contribution in [2.45, 2.75) is 19.1 Å². The van der Waals surface area contributed by atoms with Gasteiger partial charge >= 0.3 is 0 Å². The SMILES string of the molecule is CC1(O)CN(Cc2ccc(C(N)=O)cc2[N+](=O)[O-])C1. The number of hydrogen-bond donors (Lipinski definition) is 2. The van der Waals surface area contributed by atoms with E-state index in [1.807, 2.05) is 4.90 Å². The van der Waals surface area contributed by atoms with Crippen molar-refractivity contribution in [3.05, 3.63) is 39.4 Å². The van der Waals surface area contributed by atoms with Gasteiger partial charge < -0.3 is 10.8 Å². The smallest absolute Gasteiger partial charge is 0.274 e. The van der Waals surface area contributed by atoms with Crippen LogP contribution in [-0.4, -0.2) is 39.5 Å². The molecule has 7 nitrogen and oxygen atoms in total. The van der Waals surface area contributed by atoms with Gasteiger partial charge in [0.15, 0.2) is 0 Å². The molecule has 1 heterocycles. The second-order valence-corrected chi connectivity index (χ2v) is 5.11. The van der Waals surface area contributed by atoms with Gasteiger partial charge in [0, 0.05) is 36.8 Å². The Morgan fingerprint density at radius 2 is 2.21 bits per heavy atom. The largest absolute Gasteiger partial charge is 0.388 e. The van der Waals surface area contributed by atoms with Gasteiger partial charge in [0.05, 0.1) is 10.5 Å². The number of nitro benzene ring substituents is 1. The standard InChI is InChI=1S/C12H15N3O4/c1-12(17)6-14(7-12)5-9-3-2-8(11(13)16)4-10(9)15(18)19/h2-4,17H,5-7H2,1H3,(H2,13,16). The summed E-state index contributed by atoms with van der Waals surface area (Å²) >= 11 is 0. The summed E-state index contributed by atoms with van der Waals surface area (Å²) in [5, 5.41) is 20.6. The molecule has 1 saturated heterocycles. The molecule has 102 valence electrons. The molecule has 0 unspecified atom stereocenters. The lowest BCUT2D eigenvalue weighted by Crippen LogP contribution is -2.59. The minimum Gasteiger partial charge on any atom is -0.388 e. The van der Waals surface area contributed by atoms with E-state index < -0.39 is 16.4 Å². The first-order chi connectivity index (χ1) is 8.78. The van der Waals surface area contributed by atoms with Crippen LogP contribution in [0.1, 0.15) is 22.8 Å². The van der Waals surface area contributed by atoms with Crippen molar-refractivity contribution >= 4 is 11.6 Å². The molecule has 3 N–H and O–H groups in total. The molecular formula is C12H15N3O4. The number of benzene rings is 1. The molecule has 0 aromatic heterocycles. The highest BCUT2D eigenvalue weighted by atomic mass is 16.6. The van der Waals surface area contributed by atoms with Crippen LogP contribution in [-0.2, 0) is 6.54 Å². The maximum Gasteiger partial charge on any atom is 0.274 e. The maximum atomic E-state index is 11.0. The number of amides is 1. The maximum absolute atomic E-state index is 11.0. The number of carbonyl (C=O) groups excluding carboxylic acids is 1. The monoisotopic (exact) mass is 265 g/mol. The van der Waals surface area contributed by atoms with Gasteiger partial charge in [-0.2, -0.15) is 0 Å². The van der Waals surface area contributed by atoms with E-state index in [1.165, 1.54) is 18.2 Å². The molecular weight excluding hydrogens is 250 g/mol. The quantitative estimate of drug-likeness (QED) is 0.599. The van der Waals surface area contributed by atoms with E-state index in [0.29, 0.717) is 25.2 Å². The van der Waals surface area contributed by atoms with Crippen molar-refractivity contribution in [3.8, 4) is 0 Å². The van der Waals surface area contributed by atoms with E-state index in [9.17, 15) is 20.0 Å². The van der Waals surface area contributed by atoms with Crippen LogP contribution in [0.5, 0.6) is 0 Å². The first kappa shape index (κ1) is 13.4. The fourth-order valence-corrected chi connectivity index (χ4v) is 2.29. The molecule has 1 amide bonds. The molecule has 0 atom stereocenters. The molecule has 0 spiro atoms. The third-order valence-corrected chi connectivity index (χ3v) is 3.09. The van der Waals surface area contributed by atoms with Crippen molar-refractivity contribution in [1.82, 2.24) is 4.90 Å². The third kappa shape index (κ3) is 2.88. The highest BCUT2D eigenvalue weighted by Crippen LogP contribution is 2.27. The average Bonchev–Trinajstić information content (AvgIpc) is 2.26. The number of nitrogens with two attached hydrogens (primary N) is 1. The lowest BCUT2D eigenvalue weighted by Gasteiger charge is -2.44. The van der Waals surface area contributed by atoms with Gasteiger partial charge in [-0.15, -0.1) is 0 Å². The van der Waals surface area contributed by atoms with Crippen molar-refractivity contribution < 1.29 is 14.8 Å². The van der Waals surface area contributed by atoms with E-state index in [4.69, 9.17) is 5.73 Å². The fraction of sp³-hybridized carbons (Fsp3) is 0.417. The van der Waals surface area contributed by atoms with Crippen LogP contribution in [0.2, 0.25) is 0 Å². The zero-order chi connectivity index (χ0) is 14.2. The highest BCUT2D eigenvalue weighted by Gasteiger charge is 2.37. The summed E-state index contributed by atoms with van der Waals surface area (Å²) in [6.45, 7) is 3.03. The molecule has 1 aromatic rings. The Balaban J connectivity index is 2.20. The summed E-state index contributed by atoms with van der Waals surface area (Å²) in [6.07, 6.45) is 0. The Morgan fingerprint density at radius 3 is 2.68 bits per heavy atom. The molecule has 0 aliphatic carbocycles. The number of hydrogen-bond acceptors (Lipinski definition) is 5. The summed E-state index contributed by atoms with van der Waals surface area (Å²) in [6, 6.07) is 4.20. The normalized spacial score (nSPS) is 17.8. The van der Waals surface area contributed by atoms with Crippen LogP contribution in [0.25, 0.3) is 0 Å². The topological polar surface area (TPSA) is 110 Å². The van der Waals surface area contributed by atoms with Crippen LogP contribution < -0.4 is 5.73 Å². The molecule has 0 bridgehead atoms. The van der Waals surface area contributed by atoms with Crippen LogP contribution in [0, 0.1) is 10.1 Å². The van der Waals surface area contributed by atoms with Crippen LogP contribution in [0.3, 0.4) is 0 Å². The number of primary amides is 1. The molecule has 1 fully saturated rings. The Kier molecular flexibility index (Phi) is 3.25. The molecule has 1 aliphatic heterocycles. The molecule has 1 aromatic carbocycles. The zero-order valence-corrected chi connectivity index (χ0v) is 10.5. The average molecular weight is 265 g/mol. The van der Waals surface area contributed by atoms with Gasteiger partial charge in [0.1, 0.15) is 0 Å². The zero-order valence-electron chi connectivity index (χ0n) is 10.5. The van der Waals surface area contributed by atoms with Crippen molar-refractivity contribution in [1.29, 1.82) is 0 Å². The Labute approximate surface area is 109 Å². The van der Waals surface area contributed by atoms with E-state index in [2.05, 4.69) is 0 Å². The Bertz CT molecular complexity index is 534. The number of likely N-dealkylation sites (tertiary alicyclic amines) is 1. The summed E-state index contributed by atoms with van der Waals surface area (Å²) in [7, 11) is 0. The van der Waals surface area contributed by atoms with Crippen molar-refractivity contribution in [2.24, 2.45) is 5.73 Å². The van der Waals surface area contributed by atoms with Gasteiger partial charge in [0.25, 0.3) is 5.69 Å². The van der Waals surface area contributed by atoms with Crippen LogP contribution >= 0.6 is 0 Å². The summed E-state index contributed by atoms with van der Waals surface area (Å²) in [4.78, 5) is 23.4. The number of rotatable bonds is 4. The number of β-amino-alcohol motifs (C(OH)–C–C–N with tert-alkyl or cyclic N) is 1. The fourth-order valence-electron chi connectivity index (χ4n) is 2.29. The number of carbonyl (C=O) groups is 1. The third-order valence-electron chi connectivity index (χ3n) is 3.09. The van der Waals surface area contributed by atoms with Gasteiger partial charge in [-0.3, -0.25) is 19.8 Å². The van der Waals surface area contributed by atoms with Crippen LogP contribution in [0.15, 0.2) is 18.2 Å². The van der Waals surface area contributed by atoms with E-state index in [0.717, 1.165) is 0 Å². The van der Waals surface area contributed by atoms with E-state index in [1.54, 1.807) is 6.92 Å². The van der Waals surface area contributed by atoms with Crippen LogP contribution in [0.4, 0.5) is 5.69 Å². The van der Waals surface area contributed by atoms with E-state index >= 15 is 0 Å². The lowest BCUT2D eigenvalue weighted by molar-refractivity contribution is -0.385. The van der Waals surface area contributed by atoms with Crippen molar-refractivity contribution in [2.75, 3.05) is 13.1 Å². The summed E-state index contributed by atoms with van der Waals surface area (Å²) in [5.41, 5.74) is 4.88. The van der Waals surface area contributed by atoms with Gasteiger partial charge in [0.2, 0.25) is 5.91 Å². The lowest BCUT2D eigenvalue weighted by atomic mass is 9.96. The Hall–Kier alpha value is -1.99. The number of nitro groups is 1. The number of nitrogens with zero attached hydrogens (tertiary/aromatic N) is 2. The minimum atomic E-state index is -0.720. The second-order valence-electron chi connectivity index (χ2n) is 5.11. The van der Waals surface area contributed by atoms with Gasteiger partial charge in [-0.25, -0.2) is 0 Å². The molecule has 2 rings (SSSR count). The predicted octanol–water partition coefficient (Wildman–Crippen LogP) is 0.260. The van der Waals surface area contributed by atoms with Gasteiger partial charge in [-0.05, 0) is 13.0 Å². The summed E-state index contributed by atoms with van der Waals surface area (Å²) in [5.74, 6) is -0.693. The summed E-state index contributed by atoms with van der Waals surface area (Å²) < 4.78 is 0. The predicted molar refractivity (Wildman–Crippen MR) is 67.5 cm³/mol. The van der Waals surface area contributed by atoms with E-state index in [-0.39, 0.29) is 11.3 Å². The number of aliphatic hydroxyl groups is 1. The highest BCUT2D eigenvalue weighted by molar-refractivity contribution is 5.93. The molecule has 1 aliphatic rings. The first-order valence-corrected chi connectivity index (χ1v) is 5.80. The first-order valence-electron chi connectivity index (χ1n) is 5.80. The van der Waals surface area contributed by atoms with Crippen molar-refractivity contribution in [3.63, 3.8) is 0 Å².